The van der Waals surface area contributed by atoms with Gasteiger partial charge in [-0.2, -0.15) is 0 Å². The molecule has 0 fully saturated rings. The summed E-state index contributed by atoms with van der Waals surface area (Å²) >= 11 is 0. The van der Waals surface area contributed by atoms with Crippen LogP contribution in [0.2, 0.25) is 0 Å². The first-order chi connectivity index (χ1) is 15.3. The van der Waals surface area contributed by atoms with Crippen molar-refractivity contribution in [2.45, 2.75) is 6.42 Å². The van der Waals surface area contributed by atoms with Crippen LogP contribution >= 0.6 is 7.26 Å². The molecule has 0 aromatic heterocycles. The van der Waals surface area contributed by atoms with Crippen molar-refractivity contribution in [3.63, 3.8) is 0 Å². The van der Waals surface area contributed by atoms with Gasteiger partial charge in [-0.3, -0.25) is 4.79 Å². The van der Waals surface area contributed by atoms with Gasteiger partial charge in [0.05, 0.1) is 18.3 Å². The highest BCUT2D eigenvalue weighted by molar-refractivity contribution is 7.95. The average molecular weight is 425 g/mol. The molecule has 0 atom stereocenters. The highest BCUT2D eigenvalue weighted by atomic mass is 31.2. The number of carbonyl (C=O) groups excluding carboxylic acids is 1. The van der Waals surface area contributed by atoms with Crippen molar-refractivity contribution in [2.24, 2.45) is 0 Å². The summed E-state index contributed by atoms with van der Waals surface area (Å²) in [4.78, 5) is 11.3. The van der Waals surface area contributed by atoms with E-state index < -0.39 is 7.26 Å². The van der Waals surface area contributed by atoms with Crippen LogP contribution in [0.3, 0.4) is 0 Å². The highest BCUT2D eigenvalue weighted by Crippen LogP contribution is 2.55. The van der Waals surface area contributed by atoms with Gasteiger partial charge in [-0.15, -0.1) is 0 Å². The molecule has 0 N–H and O–H groups in total. The summed E-state index contributed by atoms with van der Waals surface area (Å²) in [5.74, 6) is 0.653. The lowest BCUT2D eigenvalue weighted by atomic mass is 10.2. The Kier molecular flexibility index (Phi) is 6.92. The molecule has 3 heteroatoms. The summed E-state index contributed by atoms with van der Waals surface area (Å²) < 4.78 is 6.02. The van der Waals surface area contributed by atoms with Crippen LogP contribution in [0, 0.1) is 0 Å². The standard InChI is InChI=1S/C28H26O2P/c29-23-24-13-10-11-20-28(24)30-21-12-22-31(25-14-4-1-5-15-25,26-16-6-2-7-17-26)27-18-8-3-9-19-27/h1-11,13-20,23H,12,21-22H2/q+1. The third-order valence-electron chi connectivity index (χ3n) is 5.53. The Balaban J connectivity index is 1.68. The van der Waals surface area contributed by atoms with E-state index in [1.807, 2.05) is 18.2 Å². The monoisotopic (exact) mass is 425 g/mol. The second kappa shape index (κ2) is 10.2. The van der Waals surface area contributed by atoms with Gasteiger partial charge in [0.15, 0.2) is 6.29 Å². The van der Waals surface area contributed by atoms with Crippen molar-refractivity contribution in [1.29, 1.82) is 0 Å². The second-order valence-corrected chi connectivity index (χ2v) is 11.0. The molecule has 4 rings (SSSR count). The maximum Gasteiger partial charge on any atom is 0.153 e. The maximum absolute atomic E-state index is 11.3. The molecule has 0 aliphatic carbocycles. The number of benzene rings is 4. The summed E-state index contributed by atoms with van der Waals surface area (Å²) in [6.07, 6.45) is 2.73. The van der Waals surface area contributed by atoms with Crippen LogP contribution in [0.1, 0.15) is 16.8 Å². The van der Waals surface area contributed by atoms with Gasteiger partial charge >= 0.3 is 0 Å². The average Bonchev–Trinajstić information content (AvgIpc) is 2.86. The number of ether oxygens (including phenoxy) is 1. The first-order valence-corrected chi connectivity index (χ1v) is 12.5. The molecular weight excluding hydrogens is 399 g/mol. The minimum atomic E-state index is -1.84. The summed E-state index contributed by atoms with van der Waals surface area (Å²) in [6, 6.07) is 40.0. The molecule has 0 amide bonds. The summed E-state index contributed by atoms with van der Waals surface area (Å²) in [6.45, 7) is 0.569. The van der Waals surface area contributed by atoms with E-state index in [0.29, 0.717) is 17.9 Å². The van der Waals surface area contributed by atoms with Crippen LogP contribution < -0.4 is 20.7 Å². The van der Waals surface area contributed by atoms with Crippen molar-refractivity contribution in [2.75, 3.05) is 12.8 Å². The van der Waals surface area contributed by atoms with Gasteiger partial charge in [-0.05, 0) is 48.5 Å². The number of aldehydes is 1. The SMILES string of the molecule is O=Cc1ccccc1OCCC[P+](c1ccccc1)(c1ccccc1)c1ccccc1. The Morgan fingerprint density at radius 3 is 1.55 bits per heavy atom. The zero-order chi connectivity index (χ0) is 21.4. The fourth-order valence-corrected chi connectivity index (χ4v) is 8.39. The predicted molar refractivity (Wildman–Crippen MR) is 132 cm³/mol. The summed E-state index contributed by atoms with van der Waals surface area (Å²) in [5, 5.41) is 4.13. The lowest BCUT2D eigenvalue weighted by molar-refractivity contribution is 0.111. The number of para-hydroxylation sites is 1. The van der Waals surface area contributed by atoms with Gasteiger partial charge in [0.1, 0.15) is 28.9 Å². The Morgan fingerprint density at radius 1 is 0.613 bits per heavy atom. The van der Waals surface area contributed by atoms with E-state index in [9.17, 15) is 4.79 Å². The normalized spacial score (nSPS) is 11.1. The molecule has 31 heavy (non-hydrogen) atoms. The van der Waals surface area contributed by atoms with Gasteiger partial charge in [0, 0.05) is 6.42 Å². The predicted octanol–water partition coefficient (Wildman–Crippen LogP) is 5.26. The van der Waals surface area contributed by atoms with E-state index in [4.69, 9.17) is 4.74 Å². The minimum absolute atomic E-state index is 0.569. The van der Waals surface area contributed by atoms with Gasteiger partial charge in [-0.1, -0.05) is 66.7 Å². The fraction of sp³-hybridized carbons (Fsp3) is 0.107. The van der Waals surface area contributed by atoms with Crippen molar-refractivity contribution in [3.05, 3.63) is 121 Å². The molecule has 4 aromatic rings. The molecule has 0 bridgehead atoms. The van der Waals surface area contributed by atoms with E-state index in [1.165, 1.54) is 15.9 Å². The molecular formula is C28H26O2P+. The molecule has 0 radical (unpaired) electrons. The number of hydrogen-bond acceptors (Lipinski definition) is 2. The molecule has 0 aliphatic heterocycles. The van der Waals surface area contributed by atoms with Crippen molar-refractivity contribution >= 4 is 29.5 Å². The summed E-state index contributed by atoms with van der Waals surface area (Å²) in [5.41, 5.74) is 0.595. The van der Waals surface area contributed by atoms with Crippen LogP contribution in [0.25, 0.3) is 0 Å². The molecule has 0 unspecified atom stereocenters. The van der Waals surface area contributed by atoms with Crippen LogP contribution in [-0.2, 0) is 0 Å². The van der Waals surface area contributed by atoms with Gasteiger partial charge in [0.2, 0.25) is 0 Å². The molecule has 154 valence electrons. The van der Waals surface area contributed by atoms with Crippen molar-refractivity contribution in [3.8, 4) is 5.75 Å². The largest absolute Gasteiger partial charge is 0.493 e. The van der Waals surface area contributed by atoms with Crippen LogP contribution in [0.5, 0.6) is 5.75 Å². The Morgan fingerprint density at radius 2 is 1.06 bits per heavy atom. The molecule has 2 nitrogen and oxygen atoms in total. The first-order valence-electron chi connectivity index (χ1n) is 10.6. The third kappa shape index (κ3) is 4.60. The third-order valence-corrected chi connectivity index (χ3v) is 10.1. The van der Waals surface area contributed by atoms with Crippen LogP contribution in [0.4, 0.5) is 0 Å². The van der Waals surface area contributed by atoms with Gasteiger partial charge in [0.25, 0.3) is 0 Å². The lowest BCUT2D eigenvalue weighted by Crippen LogP contribution is -2.33. The molecule has 0 heterocycles. The minimum Gasteiger partial charge on any atom is -0.493 e. The van der Waals surface area contributed by atoms with E-state index in [2.05, 4.69) is 91.0 Å². The number of hydrogen-bond donors (Lipinski definition) is 0. The zero-order valence-corrected chi connectivity index (χ0v) is 18.3. The zero-order valence-electron chi connectivity index (χ0n) is 17.4. The first kappa shape index (κ1) is 21.0. The smallest absolute Gasteiger partial charge is 0.153 e. The summed E-state index contributed by atoms with van der Waals surface area (Å²) in [7, 11) is -1.84. The number of rotatable bonds is 9. The van der Waals surface area contributed by atoms with Gasteiger partial charge in [-0.25, -0.2) is 0 Å². The van der Waals surface area contributed by atoms with Crippen molar-refractivity contribution in [1.82, 2.24) is 0 Å². The maximum atomic E-state index is 11.3. The van der Waals surface area contributed by atoms with E-state index in [1.54, 1.807) is 6.07 Å². The lowest BCUT2D eigenvalue weighted by Gasteiger charge is -2.27. The van der Waals surface area contributed by atoms with E-state index in [0.717, 1.165) is 18.9 Å². The van der Waals surface area contributed by atoms with Gasteiger partial charge < -0.3 is 4.74 Å². The van der Waals surface area contributed by atoms with E-state index >= 15 is 0 Å². The van der Waals surface area contributed by atoms with Crippen LogP contribution in [0.15, 0.2) is 115 Å². The Hall–Kier alpha value is -3.22. The molecule has 4 aromatic carbocycles. The molecule has 0 aliphatic rings. The number of carbonyl (C=O) groups is 1. The molecule has 0 spiro atoms. The second-order valence-electron chi connectivity index (χ2n) is 7.40. The van der Waals surface area contributed by atoms with E-state index in [-0.39, 0.29) is 0 Å². The quantitative estimate of drug-likeness (QED) is 0.208. The highest BCUT2D eigenvalue weighted by Gasteiger charge is 2.44. The van der Waals surface area contributed by atoms with Crippen LogP contribution in [-0.4, -0.2) is 19.1 Å². The molecule has 0 saturated carbocycles. The van der Waals surface area contributed by atoms with Crippen molar-refractivity contribution < 1.29 is 9.53 Å². The fourth-order valence-electron chi connectivity index (χ4n) is 4.08. The Bertz CT molecular complexity index is 999. The topological polar surface area (TPSA) is 26.3 Å². The molecule has 0 saturated heterocycles. The Labute approximate surface area is 184 Å².